The van der Waals surface area contributed by atoms with E-state index in [1.807, 2.05) is 30.3 Å². The summed E-state index contributed by atoms with van der Waals surface area (Å²) >= 11 is 0. The van der Waals surface area contributed by atoms with Crippen LogP contribution in [0.4, 0.5) is 10.8 Å². The van der Waals surface area contributed by atoms with Gasteiger partial charge in [0.15, 0.2) is 0 Å². The van der Waals surface area contributed by atoms with E-state index in [0.29, 0.717) is 12.2 Å². The summed E-state index contributed by atoms with van der Waals surface area (Å²) in [6.45, 7) is 3.72. The van der Waals surface area contributed by atoms with Gasteiger partial charge in [0.25, 0.3) is 0 Å². The smallest absolute Gasteiger partial charge is 0.322 e. The van der Waals surface area contributed by atoms with Crippen LogP contribution in [0, 0.1) is 13.8 Å². The Hall–Kier alpha value is -2.34. The zero-order valence-electron chi connectivity index (χ0n) is 12.1. The fraction of sp³-hybridized carbons (Fsp3) is 0.333. The van der Waals surface area contributed by atoms with Crippen LogP contribution < -0.4 is 10.6 Å². The lowest BCUT2D eigenvalue weighted by Gasteiger charge is -2.11. The molecule has 1 aromatic carbocycles. The van der Waals surface area contributed by atoms with Gasteiger partial charge in [0.1, 0.15) is 5.76 Å². The molecule has 21 heavy (non-hydrogen) atoms. The van der Waals surface area contributed by atoms with E-state index in [0.717, 1.165) is 11.3 Å². The van der Waals surface area contributed by atoms with Gasteiger partial charge in [-0.25, -0.2) is 4.79 Å². The summed E-state index contributed by atoms with van der Waals surface area (Å²) in [6.07, 6.45) is -0.163. The Kier molecular flexibility index (Phi) is 4.94. The van der Waals surface area contributed by atoms with Gasteiger partial charge in [-0.3, -0.25) is 5.32 Å². The summed E-state index contributed by atoms with van der Waals surface area (Å²) in [5, 5.41) is 14.9. The van der Waals surface area contributed by atoms with E-state index in [1.165, 1.54) is 0 Å². The highest BCUT2D eigenvalue weighted by molar-refractivity contribution is 5.86. The normalized spacial score (nSPS) is 12.0. The molecule has 0 bridgehead atoms. The second kappa shape index (κ2) is 6.90. The summed E-state index contributed by atoms with van der Waals surface area (Å²) in [4.78, 5) is 15.7. The third-order valence-corrected chi connectivity index (χ3v) is 3.06. The summed E-state index contributed by atoms with van der Waals surface area (Å²) < 4.78 is 5.24. The first-order valence-electron chi connectivity index (χ1n) is 6.75. The molecule has 1 heterocycles. The van der Waals surface area contributed by atoms with Gasteiger partial charge >= 0.3 is 12.0 Å². The number of amides is 2. The van der Waals surface area contributed by atoms with Gasteiger partial charge in [-0.1, -0.05) is 30.3 Å². The lowest BCUT2D eigenvalue weighted by molar-refractivity contribution is 0.172. The molecule has 6 heteroatoms. The summed E-state index contributed by atoms with van der Waals surface area (Å²) in [5.41, 5.74) is 1.75. The molecule has 0 aliphatic rings. The van der Waals surface area contributed by atoms with Crippen molar-refractivity contribution < 1.29 is 14.3 Å². The van der Waals surface area contributed by atoms with E-state index >= 15 is 0 Å². The first-order chi connectivity index (χ1) is 10.0. The number of carbonyl (C=O) groups is 1. The van der Waals surface area contributed by atoms with E-state index < -0.39 is 12.1 Å². The molecule has 0 spiro atoms. The average Bonchev–Trinajstić information content (AvgIpc) is 2.76. The molecule has 1 aromatic heterocycles. The van der Waals surface area contributed by atoms with Crippen LogP contribution in [0.25, 0.3) is 0 Å². The molecule has 6 nitrogen and oxygen atoms in total. The number of oxazole rings is 1. The van der Waals surface area contributed by atoms with Gasteiger partial charge in [-0.15, -0.1) is 0 Å². The summed E-state index contributed by atoms with van der Waals surface area (Å²) in [7, 11) is 0. The number of hydrogen-bond acceptors (Lipinski definition) is 4. The van der Waals surface area contributed by atoms with Crippen molar-refractivity contribution in [2.45, 2.75) is 26.4 Å². The molecule has 0 aliphatic heterocycles. The first kappa shape index (κ1) is 15.1. The van der Waals surface area contributed by atoms with Crippen LogP contribution >= 0.6 is 0 Å². The molecule has 1 unspecified atom stereocenters. The molecule has 112 valence electrons. The number of carbonyl (C=O) groups excluding carboxylic acids is 1. The van der Waals surface area contributed by atoms with Crippen LogP contribution in [-0.4, -0.2) is 28.8 Å². The van der Waals surface area contributed by atoms with E-state index in [2.05, 4.69) is 15.6 Å². The zero-order chi connectivity index (χ0) is 15.2. The highest BCUT2D eigenvalue weighted by Crippen LogP contribution is 2.12. The Bertz CT molecular complexity index is 576. The van der Waals surface area contributed by atoms with Crippen molar-refractivity contribution in [1.29, 1.82) is 0 Å². The molecule has 0 fully saturated rings. The monoisotopic (exact) mass is 289 g/mol. The number of aliphatic hydroxyl groups excluding tert-OH is 1. The van der Waals surface area contributed by atoms with Gasteiger partial charge < -0.3 is 14.8 Å². The lowest BCUT2D eigenvalue weighted by atomic mass is 10.1. The van der Waals surface area contributed by atoms with E-state index in [4.69, 9.17) is 4.42 Å². The molecule has 2 amide bonds. The first-order valence-corrected chi connectivity index (χ1v) is 6.75. The topological polar surface area (TPSA) is 87.4 Å². The van der Waals surface area contributed by atoms with Gasteiger partial charge in [0, 0.05) is 13.0 Å². The van der Waals surface area contributed by atoms with Crippen molar-refractivity contribution in [3.05, 3.63) is 47.3 Å². The highest BCUT2D eigenvalue weighted by Gasteiger charge is 2.11. The lowest BCUT2D eigenvalue weighted by Crippen LogP contribution is -2.36. The predicted molar refractivity (Wildman–Crippen MR) is 79.2 cm³/mol. The second-order valence-corrected chi connectivity index (χ2v) is 4.84. The van der Waals surface area contributed by atoms with Crippen LogP contribution in [0.5, 0.6) is 0 Å². The van der Waals surface area contributed by atoms with Crippen molar-refractivity contribution in [2.24, 2.45) is 0 Å². The minimum atomic E-state index is -0.647. The molecule has 0 saturated carbocycles. The van der Waals surface area contributed by atoms with Crippen molar-refractivity contribution in [2.75, 3.05) is 11.9 Å². The Morgan fingerprint density at radius 2 is 2.05 bits per heavy atom. The number of aromatic nitrogens is 1. The largest absolute Gasteiger partial charge is 0.428 e. The third kappa shape index (κ3) is 4.61. The van der Waals surface area contributed by atoms with Crippen molar-refractivity contribution in [3.63, 3.8) is 0 Å². The number of aliphatic hydroxyl groups is 1. The van der Waals surface area contributed by atoms with Gasteiger partial charge in [-0.05, 0) is 19.4 Å². The molecule has 0 aliphatic carbocycles. The average molecular weight is 289 g/mol. The molecule has 3 N–H and O–H groups in total. The molecule has 1 atom stereocenters. The Balaban J connectivity index is 1.76. The van der Waals surface area contributed by atoms with Crippen LogP contribution in [-0.2, 0) is 6.42 Å². The number of nitrogens with one attached hydrogen (secondary N) is 2. The fourth-order valence-corrected chi connectivity index (χ4v) is 1.84. The Morgan fingerprint density at radius 3 is 2.67 bits per heavy atom. The van der Waals surface area contributed by atoms with Crippen molar-refractivity contribution >= 4 is 12.0 Å². The minimum Gasteiger partial charge on any atom is -0.428 e. The molecular formula is C15H19N3O3. The maximum Gasteiger partial charge on any atom is 0.322 e. The standard InChI is InChI=1S/C15H19N3O3/c1-10-11(2)21-15(17-10)18-14(20)16-9-13(19)8-12-6-4-3-5-7-12/h3-7,13,19H,8-9H2,1-2H3,(H2,16,17,18,20). The number of nitrogens with zero attached hydrogens (tertiary/aromatic N) is 1. The highest BCUT2D eigenvalue weighted by atomic mass is 16.4. The summed E-state index contributed by atoms with van der Waals surface area (Å²) in [5.74, 6) is 0.661. The molecular weight excluding hydrogens is 270 g/mol. The van der Waals surface area contributed by atoms with E-state index in [-0.39, 0.29) is 12.6 Å². The van der Waals surface area contributed by atoms with Gasteiger partial charge in [-0.2, -0.15) is 4.98 Å². The zero-order valence-corrected chi connectivity index (χ0v) is 12.1. The number of hydrogen-bond donors (Lipinski definition) is 3. The van der Waals surface area contributed by atoms with Gasteiger partial charge in [0.05, 0.1) is 11.8 Å². The molecule has 0 saturated heterocycles. The number of anilines is 1. The Labute approximate surface area is 123 Å². The Morgan fingerprint density at radius 1 is 1.33 bits per heavy atom. The number of benzene rings is 1. The van der Waals surface area contributed by atoms with Crippen molar-refractivity contribution in [3.8, 4) is 0 Å². The van der Waals surface area contributed by atoms with Gasteiger partial charge in [0.2, 0.25) is 0 Å². The van der Waals surface area contributed by atoms with Crippen molar-refractivity contribution in [1.82, 2.24) is 10.3 Å². The van der Waals surface area contributed by atoms with E-state index in [9.17, 15) is 9.90 Å². The third-order valence-electron chi connectivity index (χ3n) is 3.06. The molecule has 2 aromatic rings. The number of aryl methyl sites for hydroxylation is 2. The second-order valence-electron chi connectivity index (χ2n) is 4.84. The summed E-state index contributed by atoms with van der Waals surface area (Å²) in [6, 6.07) is 9.30. The minimum absolute atomic E-state index is 0.152. The van der Waals surface area contributed by atoms with Crippen LogP contribution in [0.2, 0.25) is 0 Å². The van der Waals surface area contributed by atoms with Crippen LogP contribution in [0.3, 0.4) is 0 Å². The maximum atomic E-state index is 11.7. The molecule has 0 radical (unpaired) electrons. The predicted octanol–water partition coefficient (Wildman–Crippen LogP) is 2.02. The number of rotatable bonds is 5. The van der Waals surface area contributed by atoms with Crippen LogP contribution in [0.1, 0.15) is 17.0 Å². The van der Waals surface area contributed by atoms with Crippen LogP contribution in [0.15, 0.2) is 34.7 Å². The number of urea groups is 1. The fourth-order valence-electron chi connectivity index (χ4n) is 1.84. The quantitative estimate of drug-likeness (QED) is 0.786. The maximum absolute atomic E-state index is 11.7. The van der Waals surface area contributed by atoms with E-state index in [1.54, 1.807) is 13.8 Å². The SMILES string of the molecule is Cc1nc(NC(=O)NCC(O)Cc2ccccc2)oc1C. The molecule has 2 rings (SSSR count).